The zero-order valence-corrected chi connectivity index (χ0v) is 10.3. The van der Waals surface area contributed by atoms with Crippen LogP contribution >= 0.6 is 0 Å². The van der Waals surface area contributed by atoms with Crippen LogP contribution in [0.2, 0.25) is 0 Å². The Bertz CT molecular complexity index is 228. The first-order chi connectivity index (χ1) is 7.68. The average Bonchev–Trinajstić information content (AvgIpc) is 2.81. The van der Waals surface area contributed by atoms with Gasteiger partial charge in [0.15, 0.2) is 0 Å². The van der Waals surface area contributed by atoms with Crippen molar-refractivity contribution in [3.8, 4) is 0 Å². The second-order valence-corrected chi connectivity index (χ2v) is 5.76. The van der Waals surface area contributed by atoms with E-state index in [1.54, 1.807) is 0 Å². The van der Waals surface area contributed by atoms with E-state index in [9.17, 15) is 5.11 Å². The first-order valence-electron chi connectivity index (χ1n) is 6.68. The Balaban J connectivity index is 2.06. The van der Waals surface area contributed by atoms with Crippen molar-refractivity contribution in [1.82, 2.24) is 0 Å². The summed E-state index contributed by atoms with van der Waals surface area (Å²) in [5, 5.41) is 10.5. The molecule has 1 aliphatic heterocycles. The second-order valence-electron chi connectivity index (χ2n) is 5.76. The minimum atomic E-state index is -0.359. The predicted molar refractivity (Wildman–Crippen MR) is 64.1 cm³/mol. The molecule has 0 bridgehead atoms. The van der Waals surface area contributed by atoms with Gasteiger partial charge in [-0.05, 0) is 31.6 Å². The lowest BCUT2D eigenvalue weighted by Gasteiger charge is -2.44. The van der Waals surface area contributed by atoms with Crippen LogP contribution in [0.3, 0.4) is 0 Å². The van der Waals surface area contributed by atoms with Gasteiger partial charge in [0.25, 0.3) is 0 Å². The van der Waals surface area contributed by atoms with Crippen LogP contribution in [0.1, 0.15) is 45.4 Å². The highest BCUT2D eigenvalue weighted by atomic mass is 16.5. The fourth-order valence-electron chi connectivity index (χ4n) is 3.52. The first kappa shape index (κ1) is 12.3. The Kier molecular flexibility index (Phi) is 3.88. The number of ether oxygens (including phenoxy) is 1. The number of nitrogens with two attached hydrogens (primary N) is 1. The summed E-state index contributed by atoms with van der Waals surface area (Å²) in [7, 11) is 0. The fraction of sp³-hybridized carbons (Fsp3) is 1.00. The molecular formula is C13H25NO2. The molecule has 0 amide bonds. The summed E-state index contributed by atoms with van der Waals surface area (Å²) in [5.41, 5.74) is 5.88. The molecule has 0 radical (unpaired) electrons. The van der Waals surface area contributed by atoms with Crippen molar-refractivity contribution in [1.29, 1.82) is 0 Å². The van der Waals surface area contributed by atoms with Gasteiger partial charge in [0.1, 0.15) is 0 Å². The normalized spacial score (nSPS) is 42.2. The molecule has 1 saturated carbocycles. The van der Waals surface area contributed by atoms with Crippen molar-refractivity contribution < 1.29 is 9.84 Å². The monoisotopic (exact) mass is 227 g/mol. The lowest BCUT2D eigenvalue weighted by Crippen LogP contribution is -2.50. The van der Waals surface area contributed by atoms with Crippen LogP contribution in [-0.4, -0.2) is 30.5 Å². The molecule has 2 fully saturated rings. The summed E-state index contributed by atoms with van der Waals surface area (Å²) in [6.45, 7) is 3.67. The summed E-state index contributed by atoms with van der Waals surface area (Å²) >= 11 is 0. The molecule has 2 aliphatic rings. The molecule has 0 aromatic rings. The molecule has 1 saturated heterocycles. The van der Waals surface area contributed by atoms with Crippen LogP contribution in [-0.2, 0) is 4.74 Å². The lowest BCUT2D eigenvalue weighted by atomic mass is 9.65. The standard InChI is InChI=1S/C13H25NO2/c1-10-4-2-6-13(8-10,9-14)12(15)11-5-3-7-16-11/h10-12,15H,2-9,14H2,1H3. The van der Waals surface area contributed by atoms with E-state index in [2.05, 4.69) is 6.92 Å². The summed E-state index contributed by atoms with van der Waals surface area (Å²) in [5.74, 6) is 0.688. The lowest BCUT2D eigenvalue weighted by molar-refractivity contribution is -0.0913. The highest BCUT2D eigenvalue weighted by Gasteiger charge is 2.44. The molecule has 4 atom stereocenters. The van der Waals surface area contributed by atoms with E-state index in [0.717, 1.165) is 32.3 Å². The second kappa shape index (κ2) is 5.03. The molecule has 2 rings (SSSR count). The minimum Gasteiger partial charge on any atom is -0.390 e. The summed E-state index contributed by atoms with van der Waals surface area (Å²) in [6.07, 6.45) is 6.35. The molecule has 16 heavy (non-hydrogen) atoms. The van der Waals surface area contributed by atoms with Gasteiger partial charge >= 0.3 is 0 Å². The maximum Gasteiger partial charge on any atom is 0.0870 e. The molecular weight excluding hydrogens is 202 g/mol. The number of hydrogen-bond acceptors (Lipinski definition) is 3. The Morgan fingerprint density at radius 1 is 1.44 bits per heavy atom. The number of hydrogen-bond donors (Lipinski definition) is 2. The summed E-state index contributed by atoms with van der Waals surface area (Å²) < 4.78 is 5.62. The van der Waals surface area contributed by atoms with E-state index in [1.807, 2.05) is 0 Å². The van der Waals surface area contributed by atoms with Gasteiger partial charge in [-0.1, -0.05) is 19.8 Å². The highest BCUT2D eigenvalue weighted by Crippen LogP contribution is 2.43. The van der Waals surface area contributed by atoms with Crippen LogP contribution in [0.25, 0.3) is 0 Å². The van der Waals surface area contributed by atoms with E-state index in [-0.39, 0.29) is 17.6 Å². The third-order valence-electron chi connectivity index (χ3n) is 4.48. The van der Waals surface area contributed by atoms with Crippen LogP contribution < -0.4 is 5.73 Å². The largest absolute Gasteiger partial charge is 0.390 e. The number of aliphatic hydroxyl groups is 1. The maximum absolute atomic E-state index is 10.5. The maximum atomic E-state index is 10.5. The Morgan fingerprint density at radius 3 is 2.81 bits per heavy atom. The van der Waals surface area contributed by atoms with Crippen molar-refractivity contribution in [2.75, 3.05) is 13.2 Å². The van der Waals surface area contributed by atoms with Gasteiger partial charge in [-0.2, -0.15) is 0 Å². The Labute approximate surface area is 98.4 Å². The van der Waals surface area contributed by atoms with E-state index in [1.165, 1.54) is 12.8 Å². The van der Waals surface area contributed by atoms with Gasteiger partial charge in [-0.25, -0.2) is 0 Å². The van der Waals surface area contributed by atoms with Crippen molar-refractivity contribution in [3.05, 3.63) is 0 Å². The molecule has 94 valence electrons. The average molecular weight is 227 g/mol. The smallest absolute Gasteiger partial charge is 0.0870 e. The van der Waals surface area contributed by atoms with Gasteiger partial charge in [0.2, 0.25) is 0 Å². The molecule has 1 heterocycles. The zero-order valence-electron chi connectivity index (χ0n) is 10.3. The van der Waals surface area contributed by atoms with Crippen LogP contribution in [0.4, 0.5) is 0 Å². The quantitative estimate of drug-likeness (QED) is 0.771. The fourth-order valence-corrected chi connectivity index (χ4v) is 3.52. The van der Waals surface area contributed by atoms with E-state index in [0.29, 0.717) is 12.5 Å². The van der Waals surface area contributed by atoms with Crippen molar-refractivity contribution >= 4 is 0 Å². The van der Waals surface area contributed by atoms with Crippen molar-refractivity contribution in [2.24, 2.45) is 17.1 Å². The summed E-state index contributed by atoms with van der Waals surface area (Å²) in [6, 6.07) is 0. The molecule has 3 heteroatoms. The number of aliphatic hydroxyl groups excluding tert-OH is 1. The topological polar surface area (TPSA) is 55.5 Å². The predicted octanol–water partition coefficient (Wildman–Crippen LogP) is 1.68. The van der Waals surface area contributed by atoms with Gasteiger partial charge in [0.05, 0.1) is 12.2 Å². The van der Waals surface area contributed by atoms with Crippen LogP contribution in [0, 0.1) is 11.3 Å². The third kappa shape index (κ3) is 2.27. The van der Waals surface area contributed by atoms with Crippen molar-refractivity contribution in [3.63, 3.8) is 0 Å². The van der Waals surface area contributed by atoms with Crippen LogP contribution in [0.15, 0.2) is 0 Å². The van der Waals surface area contributed by atoms with Crippen LogP contribution in [0.5, 0.6) is 0 Å². The van der Waals surface area contributed by atoms with E-state index >= 15 is 0 Å². The van der Waals surface area contributed by atoms with Gasteiger partial charge in [0, 0.05) is 18.6 Å². The molecule has 1 aliphatic carbocycles. The molecule has 0 aromatic heterocycles. The first-order valence-corrected chi connectivity index (χ1v) is 6.68. The molecule has 0 spiro atoms. The number of rotatable bonds is 3. The molecule has 3 N–H and O–H groups in total. The third-order valence-corrected chi connectivity index (χ3v) is 4.48. The van der Waals surface area contributed by atoms with E-state index < -0.39 is 0 Å². The van der Waals surface area contributed by atoms with E-state index in [4.69, 9.17) is 10.5 Å². The SMILES string of the molecule is CC1CCCC(CN)(C(O)C2CCCO2)C1. The molecule has 3 nitrogen and oxygen atoms in total. The van der Waals surface area contributed by atoms with Crippen molar-refractivity contribution in [2.45, 2.75) is 57.7 Å². The Morgan fingerprint density at radius 2 is 2.25 bits per heavy atom. The Hall–Kier alpha value is -0.120. The summed E-state index contributed by atoms with van der Waals surface area (Å²) in [4.78, 5) is 0. The minimum absolute atomic E-state index is 0.0360. The van der Waals surface area contributed by atoms with Gasteiger partial charge in [-0.3, -0.25) is 0 Å². The van der Waals surface area contributed by atoms with Gasteiger partial charge in [-0.15, -0.1) is 0 Å². The highest BCUT2D eigenvalue weighted by molar-refractivity contribution is 4.96. The van der Waals surface area contributed by atoms with Gasteiger partial charge < -0.3 is 15.6 Å². The zero-order chi connectivity index (χ0) is 11.6. The molecule has 0 aromatic carbocycles. The molecule has 4 unspecified atom stereocenters.